The van der Waals surface area contributed by atoms with Crippen molar-refractivity contribution in [3.8, 4) is 0 Å². The van der Waals surface area contributed by atoms with E-state index in [1.165, 1.54) is 6.07 Å². The van der Waals surface area contributed by atoms with Crippen molar-refractivity contribution in [1.29, 1.82) is 0 Å². The SMILES string of the molecule is CC(NC(=O)CC1(C(=O)O)CCCC1)c1ccccc1F. The lowest BCUT2D eigenvalue weighted by molar-refractivity contribution is -0.151. The number of carbonyl (C=O) groups excluding carboxylic acids is 1. The van der Waals surface area contributed by atoms with Gasteiger partial charge in [-0.25, -0.2) is 4.39 Å². The number of halogens is 1. The number of aliphatic carboxylic acids is 1. The van der Waals surface area contributed by atoms with Gasteiger partial charge in [-0.3, -0.25) is 9.59 Å². The minimum absolute atomic E-state index is 0.0405. The van der Waals surface area contributed by atoms with Gasteiger partial charge in [-0.05, 0) is 25.8 Å². The van der Waals surface area contributed by atoms with Crippen LogP contribution < -0.4 is 5.32 Å². The van der Waals surface area contributed by atoms with Crippen molar-refractivity contribution < 1.29 is 19.1 Å². The number of nitrogens with one attached hydrogen (secondary N) is 1. The summed E-state index contributed by atoms with van der Waals surface area (Å²) in [6.07, 6.45) is 2.69. The standard InChI is InChI=1S/C16H20FNO3/c1-11(12-6-2-3-7-13(12)17)18-14(19)10-16(15(20)21)8-4-5-9-16/h2-3,6-7,11H,4-5,8-10H2,1H3,(H,18,19)(H,20,21). The maximum Gasteiger partial charge on any atom is 0.310 e. The number of benzene rings is 1. The number of carbonyl (C=O) groups is 2. The van der Waals surface area contributed by atoms with E-state index in [0.29, 0.717) is 18.4 Å². The van der Waals surface area contributed by atoms with E-state index in [-0.39, 0.29) is 18.1 Å². The predicted octanol–water partition coefficient (Wildman–Crippen LogP) is 3.04. The maximum absolute atomic E-state index is 13.7. The maximum atomic E-state index is 13.7. The van der Waals surface area contributed by atoms with Crippen LogP contribution in [0.25, 0.3) is 0 Å². The third-order valence-corrected chi connectivity index (χ3v) is 4.26. The highest BCUT2D eigenvalue weighted by molar-refractivity contribution is 5.85. The smallest absolute Gasteiger partial charge is 0.310 e. The summed E-state index contributed by atoms with van der Waals surface area (Å²) in [5.41, 5.74) is -0.541. The third kappa shape index (κ3) is 3.40. The molecule has 5 heteroatoms. The Balaban J connectivity index is 2.01. The van der Waals surface area contributed by atoms with Gasteiger partial charge in [0.15, 0.2) is 0 Å². The monoisotopic (exact) mass is 293 g/mol. The molecule has 0 saturated heterocycles. The minimum atomic E-state index is -0.945. The van der Waals surface area contributed by atoms with E-state index >= 15 is 0 Å². The van der Waals surface area contributed by atoms with Crippen molar-refractivity contribution in [3.63, 3.8) is 0 Å². The molecule has 1 aliphatic carbocycles. The normalized spacial score (nSPS) is 18.2. The van der Waals surface area contributed by atoms with Crippen LogP contribution in [0, 0.1) is 11.2 Å². The minimum Gasteiger partial charge on any atom is -0.481 e. The fraction of sp³-hybridized carbons (Fsp3) is 0.500. The number of rotatable bonds is 5. The number of hydrogen-bond donors (Lipinski definition) is 2. The second-order valence-corrected chi connectivity index (χ2v) is 5.78. The van der Waals surface area contributed by atoms with Crippen molar-refractivity contribution in [2.75, 3.05) is 0 Å². The molecule has 114 valence electrons. The lowest BCUT2D eigenvalue weighted by Crippen LogP contribution is -2.36. The molecule has 1 aromatic carbocycles. The third-order valence-electron chi connectivity index (χ3n) is 4.26. The van der Waals surface area contributed by atoms with Crippen LogP contribution in [0.1, 0.15) is 50.6 Å². The van der Waals surface area contributed by atoms with Crippen LogP contribution in [-0.4, -0.2) is 17.0 Å². The molecular weight excluding hydrogens is 273 g/mol. The van der Waals surface area contributed by atoms with Crippen LogP contribution in [0.4, 0.5) is 4.39 Å². The van der Waals surface area contributed by atoms with E-state index in [4.69, 9.17) is 0 Å². The van der Waals surface area contributed by atoms with E-state index in [9.17, 15) is 19.1 Å². The lowest BCUT2D eigenvalue weighted by atomic mass is 9.82. The van der Waals surface area contributed by atoms with Gasteiger partial charge in [-0.15, -0.1) is 0 Å². The van der Waals surface area contributed by atoms with Gasteiger partial charge in [-0.1, -0.05) is 31.0 Å². The fourth-order valence-corrected chi connectivity index (χ4v) is 3.02. The topological polar surface area (TPSA) is 66.4 Å². The first-order chi connectivity index (χ1) is 9.94. The second-order valence-electron chi connectivity index (χ2n) is 5.78. The lowest BCUT2D eigenvalue weighted by Gasteiger charge is -2.24. The molecule has 1 fully saturated rings. The quantitative estimate of drug-likeness (QED) is 0.877. The van der Waals surface area contributed by atoms with Gasteiger partial charge in [0.1, 0.15) is 5.82 Å². The molecule has 0 bridgehead atoms. The fourth-order valence-electron chi connectivity index (χ4n) is 3.02. The van der Waals surface area contributed by atoms with Crippen LogP contribution in [0.5, 0.6) is 0 Å². The first-order valence-corrected chi connectivity index (χ1v) is 7.22. The Kier molecular flexibility index (Phi) is 4.60. The Morgan fingerprint density at radius 1 is 1.33 bits per heavy atom. The van der Waals surface area contributed by atoms with Crippen LogP contribution in [0.3, 0.4) is 0 Å². The molecule has 1 unspecified atom stereocenters. The molecule has 0 aromatic heterocycles. The molecule has 0 heterocycles. The first-order valence-electron chi connectivity index (χ1n) is 7.22. The summed E-state index contributed by atoms with van der Waals surface area (Å²) < 4.78 is 13.7. The largest absolute Gasteiger partial charge is 0.481 e. The van der Waals surface area contributed by atoms with Crippen molar-refractivity contribution in [3.05, 3.63) is 35.6 Å². The van der Waals surface area contributed by atoms with Crippen molar-refractivity contribution in [2.24, 2.45) is 5.41 Å². The van der Waals surface area contributed by atoms with E-state index in [2.05, 4.69) is 5.32 Å². The van der Waals surface area contributed by atoms with E-state index in [1.54, 1.807) is 25.1 Å². The highest BCUT2D eigenvalue weighted by atomic mass is 19.1. The zero-order valence-electron chi connectivity index (χ0n) is 12.1. The highest BCUT2D eigenvalue weighted by Crippen LogP contribution is 2.41. The summed E-state index contributed by atoms with van der Waals surface area (Å²) >= 11 is 0. The Labute approximate surface area is 123 Å². The molecule has 1 amide bonds. The Morgan fingerprint density at radius 3 is 2.52 bits per heavy atom. The summed E-state index contributed by atoms with van der Waals surface area (Å²) in [6.45, 7) is 1.69. The van der Waals surface area contributed by atoms with Gasteiger partial charge in [-0.2, -0.15) is 0 Å². The summed E-state index contributed by atoms with van der Waals surface area (Å²) in [6, 6.07) is 5.77. The van der Waals surface area contributed by atoms with Gasteiger partial charge in [0.05, 0.1) is 11.5 Å². The van der Waals surface area contributed by atoms with Crippen molar-refractivity contribution in [2.45, 2.75) is 45.1 Å². The predicted molar refractivity (Wildman–Crippen MR) is 76.1 cm³/mol. The van der Waals surface area contributed by atoms with E-state index < -0.39 is 17.4 Å². The van der Waals surface area contributed by atoms with Crippen LogP contribution in [0.15, 0.2) is 24.3 Å². The Bertz CT molecular complexity index is 538. The summed E-state index contributed by atoms with van der Waals surface area (Å²) in [5.74, 6) is -1.62. The zero-order chi connectivity index (χ0) is 15.5. The molecule has 1 aliphatic rings. The molecule has 21 heavy (non-hydrogen) atoms. The highest BCUT2D eigenvalue weighted by Gasteiger charge is 2.43. The van der Waals surface area contributed by atoms with Gasteiger partial charge in [0, 0.05) is 12.0 Å². The van der Waals surface area contributed by atoms with Gasteiger partial charge in [0.2, 0.25) is 5.91 Å². The Morgan fingerprint density at radius 2 is 1.95 bits per heavy atom. The number of hydrogen-bond acceptors (Lipinski definition) is 2. The van der Waals surface area contributed by atoms with E-state index in [0.717, 1.165) is 12.8 Å². The average Bonchev–Trinajstić information content (AvgIpc) is 2.88. The van der Waals surface area contributed by atoms with Gasteiger partial charge >= 0.3 is 5.97 Å². The molecule has 2 rings (SSSR count). The molecule has 1 saturated carbocycles. The molecule has 0 aliphatic heterocycles. The first kappa shape index (κ1) is 15.5. The van der Waals surface area contributed by atoms with Crippen molar-refractivity contribution in [1.82, 2.24) is 5.32 Å². The summed E-state index contributed by atoms with van der Waals surface area (Å²) in [4.78, 5) is 23.5. The summed E-state index contributed by atoms with van der Waals surface area (Å²) in [7, 11) is 0. The van der Waals surface area contributed by atoms with E-state index in [1.807, 2.05) is 0 Å². The molecule has 0 spiro atoms. The summed E-state index contributed by atoms with van der Waals surface area (Å²) in [5, 5.41) is 12.1. The number of carboxylic acid groups (broad SMARTS) is 1. The number of carboxylic acids is 1. The van der Waals surface area contributed by atoms with Gasteiger partial charge in [0.25, 0.3) is 0 Å². The van der Waals surface area contributed by atoms with Crippen LogP contribution in [0.2, 0.25) is 0 Å². The molecule has 1 aromatic rings. The van der Waals surface area contributed by atoms with Crippen LogP contribution >= 0.6 is 0 Å². The second kappa shape index (κ2) is 6.24. The van der Waals surface area contributed by atoms with Gasteiger partial charge < -0.3 is 10.4 Å². The molecule has 4 nitrogen and oxygen atoms in total. The molecule has 1 atom stereocenters. The molecular formula is C16H20FNO3. The zero-order valence-corrected chi connectivity index (χ0v) is 12.1. The van der Waals surface area contributed by atoms with Crippen molar-refractivity contribution >= 4 is 11.9 Å². The number of amides is 1. The molecule has 2 N–H and O–H groups in total. The van der Waals surface area contributed by atoms with Crippen LogP contribution in [-0.2, 0) is 9.59 Å². The molecule has 0 radical (unpaired) electrons. The Hall–Kier alpha value is -1.91. The average molecular weight is 293 g/mol.